The van der Waals surface area contributed by atoms with Crippen molar-refractivity contribution >= 4 is 22.1 Å². The Morgan fingerprint density at radius 2 is 1.75 bits per heavy atom. The standard InChI is InChI=1S/C15H24B2O3/c1-3-5-7-11-9-12(8-6-4-2)14(19-16)13(10-11)15(18)20-17/h9-10H,3-8,16-17H2,1-2H3. The fourth-order valence-electron chi connectivity index (χ4n) is 2.34. The molecule has 0 saturated carbocycles. The quantitative estimate of drug-likeness (QED) is 0.680. The fraction of sp³-hybridized carbons (Fsp3) is 0.533. The summed E-state index contributed by atoms with van der Waals surface area (Å²) >= 11 is 0. The van der Waals surface area contributed by atoms with Crippen molar-refractivity contribution in [3.63, 3.8) is 0 Å². The summed E-state index contributed by atoms with van der Waals surface area (Å²) in [6.45, 7) is 4.33. The number of hydrogen-bond acceptors (Lipinski definition) is 3. The summed E-state index contributed by atoms with van der Waals surface area (Å²) in [6.07, 6.45) is 6.40. The molecule has 3 nitrogen and oxygen atoms in total. The summed E-state index contributed by atoms with van der Waals surface area (Å²) < 4.78 is 10.3. The molecule has 0 spiro atoms. The van der Waals surface area contributed by atoms with Crippen molar-refractivity contribution < 1.29 is 14.1 Å². The van der Waals surface area contributed by atoms with Gasteiger partial charge in [-0.15, -0.1) is 0 Å². The zero-order valence-electron chi connectivity index (χ0n) is 13.1. The Morgan fingerprint density at radius 1 is 1.10 bits per heavy atom. The molecule has 108 valence electrons. The lowest BCUT2D eigenvalue weighted by Crippen LogP contribution is -2.09. The van der Waals surface area contributed by atoms with Crippen LogP contribution in [0.1, 0.15) is 61.0 Å². The highest BCUT2D eigenvalue weighted by Crippen LogP contribution is 2.28. The van der Waals surface area contributed by atoms with Crippen LogP contribution in [-0.4, -0.2) is 22.1 Å². The maximum absolute atomic E-state index is 11.9. The molecule has 0 amide bonds. The molecule has 5 heteroatoms. The first-order chi connectivity index (χ1) is 9.67. The van der Waals surface area contributed by atoms with Crippen LogP contribution in [-0.2, 0) is 17.5 Å². The molecule has 0 aromatic heterocycles. The van der Waals surface area contributed by atoms with E-state index in [1.165, 1.54) is 13.6 Å². The van der Waals surface area contributed by atoms with E-state index in [1.807, 2.05) is 6.07 Å². The molecule has 0 fully saturated rings. The van der Waals surface area contributed by atoms with Crippen molar-refractivity contribution in [3.05, 3.63) is 28.8 Å². The van der Waals surface area contributed by atoms with Crippen LogP contribution in [0.15, 0.2) is 12.1 Å². The Bertz CT molecular complexity index is 447. The molecular formula is C15H24B2O3. The molecule has 0 saturated heterocycles. The molecule has 0 N–H and O–H groups in total. The number of unbranched alkanes of at least 4 members (excludes halogenated alkanes) is 2. The zero-order valence-corrected chi connectivity index (χ0v) is 13.1. The topological polar surface area (TPSA) is 35.5 Å². The maximum Gasteiger partial charge on any atom is 0.326 e. The molecule has 0 aliphatic carbocycles. The van der Waals surface area contributed by atoms with E-state index in [2.05, 4.69) is 19.9 Å². The first kappa shape index (κ1) is 16.7. The normalized spacial score (nSPS) is 10.3. The van der Waals surface area contributed by atoms with Gasteiger partial charge in [-0.25, -0.2) is 4.79 Å². The Labute approximate surface area is 123 Å². The van der Waals surface area contributed by atoms with Crippen LogP contribution in [0.2, 0.25) is 0 Å². The van der Waals surface area contributed by atoms with Crippen molar-refractivity contribution in [2.24, 2.45) is 0 Å². The van der Waals surface area contributed by atoms with Crippen molar-refractivity contribution in [2.75, 3.05) is 0 Å². The van der Waals surface area contributed by atoms with Gasteiger partial charge in [0.2, 0.25) is 0 Å². The Balaban J connectivity index is 3.19. The van der Waals surface area contributed by atoms with Gasteiger partial charge in [0.1, 0.15) is 5.75 Å². The first-order valence-electron chi connectivity index (χ1n) is 7.45. The van der Waals surface area contributed by atoms with Crippen LogP contribution < -0.4 is 4.65 Å². The van der Waals surface area contributed by atoms with E-state index in [1.54, 1.807) is 8.05 Å². The van der Waals surface area contributed by atoms with Gasteiger partial charge in [0.15, 0.2) is 0 Å². The smallest absolute Gasteiger partial charge is 0.326 e. The van der Waals surface area contributed by atoms with Gasteiger partial charge in [0.25, 0.3) is 0 Å². The van der Waals surface area contributed by atoms with E-state index in [0.717, 1.165) is 44.1 Å². The van der Waals surface area contributed by atoms with Gasteiger partial charge < -0.3 is 9.31 Å². The minimum absolute atomic E-state index is 0.321. The predicted octanol–water partition coefficient (Wildman–Crippen LogP) is 2.00. The third-order valence-corrected chi connectivity index (χ3v) is 3.45. The van der Waals surface area contributed by atoms with Gasteiger partial charge in [0.05, 0.1) is 5.56 Å². The van der Waals surface area contributed by atoms with Crippen LogP contribution in [0, 0.1) is 0 Å². The maximum atomic E-state index is 11.9. The van der Waals surface area contributed by atoms with Gasteiger partial charge >= 0.3 is 22.1 Å². The monoisotopic (exact) mass is 274 g/mol. The van der Waals surface area contributed by atoms with E-state index in [-0.39, 0.29) is 5.97 Å². The molecule has 1 rings (SSSR count). The predicted molar refractivity (Wildman–Crippen MR) is 86.8 cm³/mol. The van der Waals surface area contributed by atoms with Crippen molar-refractivity contribution in [2.45, 2.75) is 52.4 Å². The second-order valence-electron chi connectivity index (χ2n) is 5.03. The Morgan fingerprint density at radius 3 is 2.30 bits per heavy atom. The van der Waals surface area contributed by atoms with E-state index in [4.69, 9.17) is 9.31 Å². The average molecular weight is 274 g/mol. The van der Waals surface area contributed by atoms with E-state index >= 15 is 0 Å². The SMILES string of the molecule is BOC(=O)c1cc(CCCC)cc(CCCC)c1OB. The number of carbonyl (C=O) groups is 1. The Kier molecular flexibility index (Phi) is 7.27. The summed E-state index contributed by atoms with van der Waals surface area (Å²) in [5, 5.41) is 0. The fourth-order valence-corrected chi connectivity index (χ4v) is 2.34. The number of aryl methyl sites for hydroxylation is 2. The molecule has 0 aliphatic rings. The molecule has 1 aromatic carbocycles. The highest BCUT2D eigenvalue weighted by atomic mass is 16.5. The third kappa shape index (κ3) is 4.32. The second-order valence-corrected chi connectivity index (χ2v) is 5.03. The first-order valence-corrected chi connectivity index (χ1v) is 7.45. The third-order valence-electron chi connectivity index (χ3n) is 3.45. The largest absolute Gasteiger partial charge is 0.567 e. The van der Waals surface area contributed by atoms with Crippen molar-refractivity contribution in [1.29, 1.82) is 0 Å². The number of benzene rings is 1. The van der Waals surface area contributed by atoms with Gasteiger partial charge in [-0.1, -0.05) is 32.8 Å². The Hall–Kier alpha value is -1.38. The summed E-state index contributed by atoms with van der Waals surface area (Å²) in [5.74, 6) is 0.350. The molecule has 0 atom stereocenters. The minimum atomic E-state index is -0.321. The zero-order chi connectivity index (χ0) is 15.0. The summed E-state index contributed by atoms with van der Waals surface area (Å²) in [7, 11) is 3.02. The van der Waals surface area contributed by atoms with E-state index < -0.39 is 0 Å². The molecule has 0 unspecified atom stereocenters. The molecule has 20 heavy (non-hydrogen) atoms. The average Bonchev–Trinajstić information content (AvgIpc) is 2.49. The van der Waals surface area contributed by atoms with Gasteiger partial charge in [-0.05, 0) is 42.9 Å². The number of carbonyl (C=O) groups excluding carboxylic acids is 1. The molecule has 0 bridgehead atoms. The van der Waals surface area contributed by atoms with Gasteiger partial charge in [-0.2, -0.15) is 0 Å². The van der Waals surface area contributed by atoms with Crippen molar-refractivity contribution in [1.82, 2.24) is 0 Å². The van der Waals surface area contributed by atoms with Crippen LogP contribution in [0.3, 0.4) is 0 Å². The van der Waals surface area contributed by atoms with Crippen molar-refractivity contribution in [3.8, 4) is 5.75 Å². The van der Waals surface area contributed by atoms with E-state index in [9.17, 15) is 4.79 Å². The lowest BCUT2D eigenvalue weighted by Gasteiger charge is -2.16. The molecule has 0 heterocycles. The van der Waals surface area contributed by atoms with Crippen LogP contribution in [0.25, 0.3) is 0 Å². The lowest BCUT2D eigenvalue weighted by molar-refractivity contribution is 0.0747. The summed E-state index contributed by atoms with van der Waals surface area (Å²) in [4.78, 5) is 11.9. The highest BCUT2D eigenvalue weighted by molar-refractivity contribution is 6.11. The van der Waals surface area contributed by atoms with Crippen LogP contribution in [0.5, 0.6) is 5.75 Å². The lowest BCUT2D eigenvalue weighted by atomic mass is 9.97. The summed E-state index contributed by atoms with van der Waals surface area (Å²) in [6, 6.07) is 4.09. The number of rotatable bonds is 8. The number of hydrogen-bond donors (Lipinski definition) is 0. The van der Waals surface area contributed by atoms with Crippen LogP contribution in [0.4, 0.5) is 0 Å². The molecule has 0 aliphatic heterocycles. The van der Waals surface area contributed by atoms with Gasteiger partial charge in [-0.3, -0.25) is 0 Å². The van der Waals surface area contributed by atoms with Crippen LogP contribution >= 0.6 is 0 Å². The molecular weight excluding hydrogens is 250 g/mol. The summed E-state index contributed by atoms with van der Waals surface area (Å²) in [5.41, 5.74) is 2.86. The molecule has 1 aromatic rings. The molecule has 0 radical (unpaired) electrons. The van der Waals surface area contributed by atoms with Gasteiger partial charge in [0, 0.05) is 0 Å². The second kappa shape index (κ2) is 8.72. The van der Waals surface area contributed by atoms with E-state index in [0.29, 0.717) is 11.3 Å². The minimum Gasteiger partial charge on any atom is -0.567 e. The highest BCUT2D eigenvalue weighted by Gasteiger charge is 2.17.